The molecule has 1 aromatic carbocycles. The van der Waals surface area contributed by atoms with E-state index in [1.807, 2.05) is 13.0 Å². The van der Waals surface area contributed by atoms with E-state index in [1.165, 1.54) is 6.92 Å². The topological polar surface area (TPSA) is 57.8 Å². The summed E-state index contributed by atoms with van der Waals surface area (Å²) in [5.74, 6) is -0.0793. The van der Waals surface area contributed by atoms with E-state index in [1.54, 1.807) is 6.20 Å². The largest absolute Gasteiger partial charge is 0.352 e. The fourth-order valence-electron chi connectivity index (χ4n) is 1.68. The number of carbonyl (C=O) groups excluding carboxylic acids is 1. The van der Waals surface area contributed by atoms with Crippen molar-refractivity contribution in [3.63, 3.8) is 0 Å². The Labute approximate surface area is 98.0 Å². The molecule has 2 N–H and O–H groups in total. The summed E-state index contributed by atoms with van der Waals surface area (Å²) in [5, 5.41) is 11.3. The molecule has 5 heteroatoms. The summed E-state index contributed by atoms with van der Waals surface area (Å²) in [6.45, 7) is 3.87. The molecule has 0 unspecified atom stereocenters. The first-order chi connectivity index (χ1) is 7.59. The number of aryl methyl sites for hydroxylation is 1. The van der Waals surface area contributed by atoms with Gasteiger partial charge >= 0.3 is 0 Å². The van der Waals surface area contributed by atoms with E-state index in [4.69, 9.17) is 11.6 Å². The molecule has 2 rings (SSSR count). The number of aromatic nitrogens is 2. The van der Waals surface area contributed by atoms with Crippen LogP contribution in [0.5, 0.6) is 0 Å². The molecule has 0 aliphatic heterocycles. The second-order valence-electron chi connectivity index (χ2n) is 3.72. The highest BCUT2D eigenvalue weighted by Gasteiger charge is 2.10. The molecule has 4 nitrogen and oxygen atoms in total. The third-order valence-corrected chi connectivity index (χ3v) is 2.85. The molecule has 0 aliphatic carbocycles. The zero-order valence-electron chi connectivity index (χ0n) is 9.10. The van der Waals surface area contributed by atoms with E-state index < -0.39 is 0 Å². The van der Waals surface area contributed by atoms with Crippen LogP contribution in [0.1, 0.15) is 18.1 Å². The Bertz CT molecular complexity index is 547. The minimum absolute atomic E-state index is 0.0793. The monoisotopic (exact) mass is 237 g/mol. The molecule has 0 radical (unpaired) electrons. The van der Waals surface area contributed by atoms with E-state index in [2.05, 4.69) is 15.5 Å². The summed E-state index contributed by atoms with van der Waals surface area (Å²) >= 11 is 6.15. The molecule has 1 aromatic heterocycles. The molecule has 0 saturated carbocycles. The van der Waals surface area contributed by atoms with Gasteiger partial charge in [0, 0.05) is 29.4 Å². The zero-order chi connectivity index (χ0) is 11.7. The minimum Gasteiger partial charge on any atom is -0.352 e. The summed E-state index contributed by atoms with van der Waals surface area (Å²) in [7, 11) is 0. The van der Waals surface area contributed by atoms with Gasteiger partial charge < -0.3 is 5.32 Å². The molecular formula is C11H12ClN3O. The third-order valence-electron chi connectivity index (χ3n) is 2.51. The van der Waals surface area contributed by atoms with Gasteiger partial charge in [-0.25, -0.2) is 0 Å². The molecule has 1 heterocycles. The van der Waals surface area contributed by atoms with Gasteiger partial charge in [0.05, 0.1) is 11.7 Å². The Morgan fingerprint density at radius 2 is 2.38 bits per heavy atom. The Morgan fingerprint density at radius 1 is 1.62 bits per heavy atom. The van der Waals surface area contributed by atoms with Crippen molar-refractivity contribution in [1.29, 1.82) is 0 Å². The van der Waals surface area contributed by atoms with Gasteiger partial charge in [-0.1, -0.05) is 11.6 Å². The highest BCUT2D eigenvalue weighted by atomic mass is 35.5. The van der Waals surface area contributed by atoms with E-state index in [0.717, 1.165) is 22.0 Å². The van der Waals surface area contributed by atoms with Gasteiger partial charge in [-0.05, 0) is 18.6 Å². The second-order valence-corrected chi connectivity index (χ2v) is 4.13. The Hall–Kier alpha value is -1.55. The van der Waals surface area contributed by atoms with Gasteiger partial charge in [-0.15, -0.1) is 0 Å². The van der Waals surface area contributed by atoms with Crippen molar-refractivity contribution in [1.82, 2.24) is 15.5 Å². The first-order valence-corrected chi connectivity index (χ1v) is 5.33. The highest BCUT2D eigenvalue weighted by molar-refractivity contribution is 6.32. The number of nitrogens with zero attached hydrogens (tertiary/aromatic N) is 1. The van der Waals surface area contributed by atoms with Crippen LogP contribution in [0, 0.1) is 6.92 Å². The summed E-state index contributed by atoms with van der Waals surface area (Å²) in [5.41, 5.74) is 2.83. The maximum atomic E-state index is 10.9. The van der Waals surface area contributed by atoms with Gasteiger partial charge in [0.25, 0.3) is 0 Å². The fraction of sp³-hybridized carbons (Fsp3) is 0.273. The van der Waals surface area contributed by atoms with Crippen LogP contribution in [0.15, 0.2) is 12.3 Å². The molecule has 0 spiro atoms. The van der Waals surface area contributed by atoms with E-state index in [-0.39, 0.29) is 5.91 Å². The lowest BCUT2D eigenvalue weighted by Gasteiger charge is -2.08. The number of carbonyl (C=O) groups is 1. The predicted molar refractivity (Wildman–Crippen MR) is 63.4 cm³/mol. The molecule has 84 valence electrons. The van der Waals surface area contributed by atoms with Crippen molar-refractivity contribution in [2.24, 2.45) is 0 Å². The van der Waals surface area contributed by atoms with Crippen LogP contribution >= 0.6 is 11.6 Å². The lowest BCUT2D eigenvalue weighted by atomic mass is 10.1. The fourth-order valence-corrected chi connectivity index (χ4v) is 2.00. The molecule has 0 saturated heterocycles. The van der Waals surface area contributed by atoms with Crippen molar-refractivity contribution < 1.29 is 4.79 Å². The first-order valence-electron chi connectivity index (χ1n) is 4.95. The zero-order valence-corrected chi connectivity index (χ0v) is 9.85. The van der Waals surface area contributed by atoms with Crippen molar-refractivity contribution in [3.8, 4) is 0 Å². The number of aromatic amines is 1. The molecule has 0 atom stereocenters. The third kappa shape index (κ3) is 1.88. The molecular weight excluding hydrogens is 226 g/mol. The van der Waals surface area contributed by atoms with Gasteiger partial charge in [-0.3, -0.25) is 9.89 Å². The molecule has 2 aromatic rings. The van der Waals surface area contributed by atoms with Crippen molar-refractivity contribution in [2.75, 3.05) is 0 Å². The van der Waals surface area contributed by atoms with Gasteiger partial charge in [-0.2, -0.15) is 5.10 Å². The SMILES string of the molecule is CC(=O)NCc1c(Cl)cc(C)c2cn[nH]c12. The summed E-state index contributed by atoms with van der Waals surface area (Å²) in [6, 6.07) is 1.89. The van der Waals surface area contributed by atoms with Crippen LogP contribution in [-0.4, -0.2) is 16.1 Å². The number of halogens is 1. The van der Waals surface area contributed by atoms with Gasteiger partial charge in [0.1, 0.15) is 0 Å². The number of H-pyrrole nitrogens is 1. The van der Waals surface area contributed by atoms with E-state index in [0.29, 0.717) is 11.6 Å². The van der Waals surface area contributed by atoms with Crippen LogP contribution < -0.4 is 5.32 Å². The maximum absolute atomic E-state index is 10.9. The molecule has 1 amide bonds. The van der Waals surface area contributed by atoms with Crippen LogP contribution in [0.25, 0.3) is 10.9 Å². The first kappa shape index (κ1) is 11.0. The number of fused-ring (bicyclic) bond motifs is 1. The molecule has 0 aliphatic rings. The Balaban J connectivity index is 2.50. The second kappa shape index (κ2) is 4.14. The van der Waals surface area contributed by atoms with Crippen molar-refractivity contribution >= 4 is 28.4 Å². The average Bonchev–Trinajstić information content (AvgIpc) is 2.65. The lowest BCUT2D eigenvalue weighted by molar-refractivity contribution is -0.119. The van der Waals surface area contributed by atoms with Crippen molar-refractivity contribution in [2.45, 2.75) is 20.4 Å². The summed E-state index contributed by atoms with van der Waals surface area (Å²) in [6.07, 6.45) is 1.76. The lowest BCUT2D eigenvalue weighted by Crippen LogP contribution is -2.19. The van der Waals surface area contributed by atoms with Gasteiger partial charge in [0.15, 0.2) is 0 Å². The number of hydrogen-bond donors (Lipinski definition) is 2. The van der Waals surface area contributed by atoms with Crippen LogP contribution in [-0.2, 0) is 11.3 Å². The number of hydrogen-bond acceptors (Lipinski definition) is 2. The normalized spacial score (nSPS) is 10.7. The number of rotatable bonds is 2. The predicted octanol–water partition coefficient (Wildman–Crippen LogP) is 2.16. The smallest absolute Gasteiger partial charge is 0.217 e. The molecule has 16 heavy (non-hydrogen) atoms. The average molecular weight is 238 g/mol. The van der Waals surface area contributed by atoms with Crippen molar-refractivity contribution in [3.05, 3.63) is 28.4 Å². The molecule has 0 bridgehead atoms. The van der Waals surface area contributed by atoms with Crippen LogP contribution in [0.4, 0.5) is 0 Å². The standard InChI is InChI=1S/C11H12ClN3O/c1-6-3-10(12)9(4-13-7(2)16)11-8(6)5-14-15-11/h3,5H,4H2,1-2H3,(H,13,16)(H,14,15). The Kier molecular flexibility index (Phi) is 2.83. The quantitative estimate of drug-likeness (QED) is 0.841. The van der Waals surface area contributed by atoms with Crippen LogP contribution in [0.2, 0.25) is 5.02 Å². The van der Waals surface area contributed by atoms with Gasteiger partial charge in [0.2, 0.25) is 5.91 Å². The maximum Gasteiger partial charge on any atom is 0.217 e. The molecule has 0 fully saturated rings. The highest BCUT2D eigenvalue weighted by Crippen LogP contribution is 2.27. The number of amides is 1. The number of benzene rings is 1. The summed E-state index contributed by atoms with van der Waals surface area (Å²) in [4.78, 5) is 10.9. The van der Waals surface area contributed by atoms with Crippen LogP contribution in [0.3, 0.4) is 0 Å². The summed E-state index contributed by atoms with van der Waals surface area (Å²) < 4.78 is 0. The number of nitrogens with one attached hydrogen (secondary N) is 2. The Morgan fingerprint density at radius 3 is 3.06 bits per heavy atom. The minimum atomic E-state index is -0.0793. The van der Waals surface area contributed by atoms with E-state index in [9.17, 15) is 4.79 Å². The van der Waals surface area contributed by atoms with E-state index >= 15 is 0 Å².